The third-order valence-corrected chi connectivity index (χ3v) is 6.11. The molecule has 154 valence electrons. The van der Waals surface area contributed by atoms with E-state index in [2.05, 4.69) is 21.4 Å². The highest BCUT2D eigenvalue weighted by Crippen LogP contribution is 2.41. The van der Waals surface area contributed by atoms with Gasteiger partial charge in [0.25, 0.3) is 0 Å². The van der Waals surface area contributed by atoms with Crippen molar-refractivity contribution in [1.29, 1.82) is 5.26 Å². The zero-order valence-corrected chi connectivity index (χ0v) is 17.3. The highest BCUT2D eigenvalue weighted by atomic mass is 32.1. The number of carbonyl (C=O) groups excluding carboxylic acids is 1. The minimum Gasteiger partial charge on any atom is -0.378 e. The van der Waals surface area contributed by atoms with Crippen molar-refractivity contribution in [3.63, 3.8) is 0 Å². The number of fused-ring (bicyclic) bond motifs is 1. The topological polar surface area (TPSA) is 107 Å². The highest BCUT2D eigenvalue weighted by molar-refractivity contribution is 7.19. The number of nitrogens with one attached hydrogen (secondary N) is 2. The summed E-state index contributed by atoms with van der Waals surface area (Å²) < 4.78 is 5.32. The van der Waals surface area contributed by atoms with Crippen molar-refractivity contribution in [2.45, 2.75) is 0 Å². The van der Waals surface area contributed by atoms with E-state index in [1.54, 1.807) is 17.2 Å². The van der Waals surface area contributed by atoms with Gasteiger partial charge in [-0.05, 0) is 24.3 Å². The van der Waals surface area contributed by atoms with E-state index in [1.165, 1.54) is 11.3 Å². The monoisotopic (exact) mass is 430 g/mol. The molecule has 2 amide bonds. The fourth-order valence-corrected chi connectivity index (χ4v) is 4.60. The molecule has 9 heteroatoms. The van der Waals surface area contributed by atoms with Gasteiger partial charge in [-0.1, -0.05) is 23.5 Å². The van der Waals surface area contributed by atoms with Crippen LogP contribution in [0.15, 0.2) is 48.8 Å². The van der Waals surface area contributed by atoms with Crippen LogP contribution in [0.4, 0.5) is 9.93 Å². The Morgan fingerprint density at radius 2 is 2.13 bits per heavy atom. The van der Waals surface area contributed by atoms with Gasteiger partial charge >= 0.3 is 6.03 Å². The maximum atomic E-state index is 12.7. The molecule has 1 aliphatic heterocycles. The molecule has 0 aliphatic carbocycles. The number of nitriles is 1. The molecule has 1 aliphatic rings. The van der Waals surface area contributed by atoms with Crippen LogP contribution in [0, 0.1) is 11.3 Å². The maximum absolute atomic E-state index is 12.7. The van der Waals surface area contributed by atoms with E-state index in [-0.39, 0.29) is 6.03 Å². The van der Waals surface area contributed by atoms with Crippen LogP contribution in [-0.4, -0.2) is 52.2 Å². The van der Waals surface area contributed by atoms with Gasteiger partial charge in [0, 0.05) is 42.0 Å². The summed E-state index contributed by atoms with van der Waals surface area (Å²) >= 11 is 1.41. The first-order valence-electron chi connectivity index (χ1n) is 9.80. The second-order valence-electron chi connectivity index (χ2n) is 7.02. The average molecular weight is 430 g/mol. The average Bonchev–Trinajstić information content (AvgIpc) is 3.47. The van der Waals surface area contributed by atoms with Crippen LogP contribution in [0.3, 0.4) is 0 Å². The lowest BCUT2D eigenvalue weighted by Crippen LogP contribution is -2.43. The van der Waals surface area contributed by atoms with Crippen molar-refractivity contribution in [3.8, 4) is 27.8 Å². The van der Waals surface area contributed by atoms with Crippen LogP contribution in [-0.2, 0) is 4.74 Å². The number of thiazole rings is 1. The first-order chi connectivity index (χ1) is 15.2. The first-order valence-corrected chi connectivity index (χ1v) is 10.6. The number of nitrogens with zero attached hydrogens (tertiary/aromatic N) is 4. The number of hydrogen-bond acceptors (Lipinski definition) is 6. The summed E-state index contributed by atoms with van der Waals surface area (Å²) in [5.41, 5.74) is 3.83. The van der Waals surface area contributed by atoms with E-state index in [0.29, 0.717) is 42.7 Å². The number of aromatic amines is 1. The Morgan fingerprint density at radius 1 is 1.26 bits per heavy atom. The predicted molar refractivity (Wildman–Crippen MR) is 119 cm³/mol. The smallest absolute Gasteiger partial charge is 0.323 e. The van der Waals surface area contributed by atoms with E-state index < -0.39 is 0 Å². The van der Waals surface area contributed by atoms with Gasteiger partial charge in [0.1, 0.15) is 5.65 Å². The Morgan fingerprint density at radius 3 is 2.97 bits per heavy atom. The summed E-state index contributed by atoms with van der Waals surface area (Å²) in [6, 6.07) is 13.2. The molecule has 1 saturated heterocycles. The van der Waals surface area contributed by atoms with Crippen molar-refractivity contribution in [3.05, 3.63) is 54.4 Å². The van der Waals surface area contributed by atoms with Crippen LogP contribution in [0.2, 0.25) is 0 Å². The van der Waals surface area contributed by atoms with Crippen molar-refractivity contribution in [2.75, 3.05) is 31.6 Å². The van der Waals surface area contributed by atoms with Gasteiger partial charge in [-0.2, -0.15) is 5.26 Å². The molecule has 1 aromatic carbocycles. The fourth-order valence-electron chi connectivity index (χ4n) is 3.58. The van der Waals surface area contributed by atoms with Crippen LogP contribution < -0.4 is 5.32 Å². The summed E-state index contributed by atoms with van der Waals surface area (Å²) in [6.45, 7) is 2.17. The Balaban J connectivity index is 1.59. The van der Waals surface area contributed by atoms with Crippen molar-refractivity contribution in [2.24, 2.45) is 0 Å². The number of amides is 2. The number of pyridine rings is 1. The lowest BCUT2D eigenvalue weighted by molar-refractivity contribution is 0.0564. The number of rotatable bonds is 3. The Bertz CT molecular complexity index is 1300. The van der Waals surface area contributed by atoms with Gasteiger partial charge < -0.3 is 14.6 Å². The molecule has 0 spiro atoms. The first kappa shape index (κ1) is 19.2. The minimum absolute atomic E-state index is 0.192. The summed E-state index contributed by atoms with van der Waals surface area (Å²) in [5.74, 6) is 0. The molecule has 0 saturated carbocycles. The lowest BCUT2D eigenvalue weighted by Gasteiger charge is -2.26. The number of hydrogen-bond donors (Lipinski definition) is 2. The van der Waals surface area contributed by atoms with Crippen LogP contribution in [0.5, 0.6) is 0 Å². The van der Waals surface area contributed by atoms with Gasteiger partial charge in [-0.25, -0.2) is 14.8 Å². The molecule has 1 fully saturated rings. The number of benzene rings is 1. The predicted octanol–water partition coefficient (Wildman–Crippen LogP) is 4.09. The molecule has 0 bridgehead atoms. The zero-order valence-electron chi connectivity index (χ0n) is 16.5. The molecule has 5 rings (SSSR count). The quantitative estimate of drug-likeness (QED) is 0.509. The lowest BCUT2D eigenvalue weighted by atomic mass is 10.0. The standard InChI is InChI=1S/C22H18N6O2S/c23-13-14-2-1-3-15(12-14)18-19(16-4-6-24-20-17(16)5-7-25-20)31-21(26-18)27-22(29)28-8-10-30-11-9-28/h1-7,12H,8-11H2,(H,24,25)(H,26,27,29). The molecule has 0 atom stereocenters. The molecule has 31 heavy (non-hydrogen) atoms. The van der Waals surface area contributed by atoms with E-state index in [1.807, 2.05) is 36.5 Å². The Kier molecular flexibility index (Phi) is 5.08. The van der Waals surface area contributed by atoms with Crippen LogP contribution >= 0.6 is 11.3 Å². The highest BCUT2D eigenvalue weighted by Gasteiger charge is 2.22. The van der Waals surface area contributed by atoms with Gasteiger partial charge in [0.15, 0.2) is 5.13 Å². The number of ether oxygens (including phenoxy) is 1. The second kappa shape index (κ2) is 8.18. The second-order valence-corrected chi connectivity index (χ2v) is 8.02. The molecule has 4 heterocycles. The fraction of sp³-hybridized carbons (Fsp3) is 0.182. The Labute approximate surface area is 182 Å². The molecule has 0 radical (unpaired) electrons. The number of anilines is 1. The largest absolute Gasteiger partial charge is 0.378 e. The van der Waals surface area contributed by atoms with Gasteiger partial charge in [0.05, 0.1) is 35.4 Å². The summed E-state index contributed by atoms with van der Waals surface area (Å²) in [6.07, 6.45) is 3.59. The Hall–Kier alpha value is -3.74. The van der Waals surface area contributed by atoms with Crippen LogP contribution in [0.25, 0.3) is 32.7 Å². The normalized spacial score (nSPS) is 13.8. The molecule has 3 aromatic heterocycles. The van der Waals surface area contributed by atoms with E-state index in [9.17, 15) is 10.1 Å². The number of aromatic nitrogens is 3. The molecular weight excluding hydrogens is 412 g/mol. The van der Waals surface area contributed by atoms with Crippen molar-refractivity contribution < 1.29 is 9.53 Å². The number of urea groups is 1. The van der Waals surface area contributed by atoms with Gasteiger partial charge in [0.2, 0.25) is 0 Å². The van der Waals surface area contributed by atoms with E-state index >= 15 is 0 Å². The van der Waals surface area contributed by atoms with Crippen LogP contribution in [0.1, 0.15) is 5.56 Å². The summed E-state index contributed by atoms with van der Waals surface area (Å²) in [5, 5.41) is 13.7. The molecule has 8 nitrogen and oxygen atoms in total. The molecule has 0 unspecified atom stereocenters. The summed E-state index contributed by atoms with van der Waals surface area (Å²) in [4.78, 5) is 27.6. The van der Waals surface area contributed by atoms with Gasteiger partial charge in [-0.15, -0.1) is 0 Å². The zero-order chi connectivity index (χ0) is 21.2. The van der Waals surface area contributed by atoms with E-state index in [4.69, 9.17) is 9.72 Å². The van der Waals surface area contributed by atoms with Gasteiger partial charge in [-0.3, -0.25) is 5.32 Å². The molecule has 4 aromatic rings. The summed E-state index contributed by atoms with van der Waals surface area (Å²) in [7, 11) is 0. The van der Waals surface area contributed by atoms with E-state index in [0.717, 1.165) is 27.0 Å². The SMILES string of the molecule is N#Cc1cccc(-c2nc(NC(=O)N3CCOCC3)sc2-c2ccnc3[nH]ccc23)c1. The van der Waals surface area contributed by atoms with Crippen molar-refractivity contribution >= 4 is 33.5 Å². The molecular formula is C22H18N6O2S. The minimum atomic E-state index is -0.192. The molecule has 2 N–H and O–H groups in total. The van der Waals surface area contributed by atoms with Crippen molar-refractivity contribution in [1.82, 2.24) is 19.9 Å². The maximum Gasteiger partial charge on any atom is 0.323 e. The number of H-pyrrole nitrogens is 1. The number of morpholine rings is 1. The third-order valence-electron chi connectivity index (χ3n) is 5.11. The number of carbonyl (C=O) groups is 1. The third kappa shape index (κ3) is 3.74.